The zero-order valence-corrected chi connectivity index (χ0v) is 9.39. The summed E-state index contributed by atoms with van der Waals surface area (Å²) in [7, 11) is 0. The molecule has 0 bridgehead atoms. The van der Waals surface area contributed by atoms with Crippen LogP contribution in [0.3, 0.4) is 0 Å². The molecule has 1 fully saturated rings. The molecule has 0 saturated carbocycles. The molecule has 1 aromatic rings. The Morgan fingerprint density at radius 1 is 1.12 bits per heavy atom. The Bertz CT molecular complexity index is 328. The zero-order valence-electron chi connectivity index (χ0n) is 9.39. The molecule has 1 aromatic carbocycles. The molecule has 0 radical (unpaired) electrons. The third-order valence-corrected chi connectivity index (χ3v) is 2.85. The number of carbonyl (C=O) groups excluding carboxylic acids is 1. The molecule has 1 aliphatic heterocycles. The quantitative estimate of drug-likeness (QED) is 0.714. The van der Waals surface area contributed by atoms with Gasteiger partial charge in [0.15, 0.2) is 0 Å². The second-order valence-electron chi connectivity index (χ2n) is 4.08. The lowest BCUT2D eigenvalue weighted by atomic mass is 10.1. The summed E-state index contributed by atoms with van der Waals surface area (Å²) >= 11 is 0. The monoisotopic (exact) mass is 219 g/mol. The topological polar surface area (TPSA) is 29.5 Å². The van der Waals surface area contributed by atoms with Gasteiger partial charge in [-0.25, -0.2) is 0 Å². The molecule has 1 heterocycles. The van der Waals surface area contributed by atoms with E-state index in [1.54, 1.807) is 0 Å². The molecule has 2 rings (SSSR count). The van der Waals surface area contributed by atoms with Gasteiger partial charge in [0.2, 0.25) is 0 Å². The third-order valence-electron chi connectivity index (χ3n) is 2.85. The van der Waals surface area contributed by atoms with E-state index in [4.69, 9.17) is 4.74 Å². The average molecular weight is 219 g/mol. The van der Waals surface area contributed by atoms with Gasteiger partial charge in [0.05, 0.1) is 13.2 Å². The van der Waals surface area contributed by atoms with Crippen LogP contribution in [0.25, 0.3) is 0 Å². The molecule has 3 nitrogen and oxygen atoms in total. The molecule has 0 aliphatic carbocycles. The largest absolute Gasteiger partial charge is 0.379 e. The second-order valence-corrected chi connectivity index (χ2v) is 4.08. The number of rotatable bonds is 4. The summed E-state index contributed by atoms with van der Waals surface area (Å²) in [5.74, 6) is 0. The fraction of sp³-hybridized carbons (Fsp3) is 0.462. The van der Waals surface area contributed by atoms with Gasteiger partial charge >= 0.3 is 0 Å². The van der Waals surface area contributed by atoms with E-state index in [0.717, 1.165) is 44.7 Å². The average Bonchev–Trinajstić information content (AvgIpc) is 2.33. The minimum Gasteiger partial charge on any atom is -0.379 e. The molecular weight excluding hydrogens is 202 g/mol. The highest BCUT2D eigenvalue weighted by Crippen LogP contribution is 2.09. The van der Waals surface area contributed by atoms with Crippen LogP contribution in [0.5, 0.6) is 0 Å². The number of nitrogens with zero attached hydrogens (tertiary/aromatic N) is 1. The van der Waals surface area contributed by atoms with Crippen LogP contribution in [0.15, 0.2) is 24.3 Å². The van der Waals surface area contributed by atoms with Crippen molar-refractivity contribution in [3.63, 3.8) is 0 Å². The van der Waals surface area contributed by atoms with Gasteiger partial charge in [0.1, 0.15) is 6.29 Å². The van der Waals surface area contributed by atoms with Crippen molar-refractivity contribution < 1.29 is 9.53 Å². The van der Waals surface area contributed by atoms with Crippen molar-refractivity contribution in [1.29, 1.82) is 0 Å². The van der Waals surface area contributed by atoms with E-state index in [9.17, 15) is 4.79 Å². The van der Waals surface area contributed by atoms with Gasteiger partial charge in [-0.05, 0) is 11.1 Å². The van der Waals surface area contributed by atoms with Gasteiger partial charge in [0.25, 0.3) is 0 Å². The van der Waals surface area contributed by atoms with Gasteiger partial charge in [-0.2, -0.15) is 0 Å². The molecule has 0 atom stereocenters. The van der Waals surface area contributed by atoms with Crippen molar-refractivity contribution >= 4 is 6.29 Å². The van der Waals surface area contributed by atoms with Crippen molar-refractivity contribution in [1.82, 2.24) is 4.90 Å². The van der Waals surface area contributed by atoms with Crippen molar-refractivity contribution in [2.75, 3.05) is 26.3 Å². The molecule has 3 heteroatoms. The summed E-state index contributed by atoms with van der Waals surface area (Å²) in [5.41, 5.74) is 2.39. The maximum absolute atomic E-state index is 10.4. The maximum atomic E-state index is 10.4. The molecular formula is C13H17NO2. The Balaban J connectivity index is 1.90. The highest BCUT2D eigenvalue weighted by molar-refractivity contribution is 5.54. The van der Waals surface area contributed by atoms with E-state index in [1.807, 2.05) is 12.1 Å². The number of carbonyl (C=O) groups is 1. The van der Waals surface area contributed by atoms with Crippen LogP contribution in [-0.4, -0.2) is 37.5 Å². The molecule has 1 saturated heterocycles. The van der Waals surface area contributed by atoms with Crippen LogP contribution >= 0.6 is 0 Å². The van der Waals surface area contributed by atoms with Gasteiger partial charge < -0.3 is 9.53 Å². The molecule has 0 aromatic heterocycles. The van der Waals surface area contributed by atoms with E-state index >= 15 is 0 Å². The number of morpholine rings is 1. The minimum absolute atomic E-state index is 0.512. The smallest absolute Gasteiger partial charge is 0.124 e. The number of hydrogen-bond donors (Lipinski definition) is 0. The summed E-state index contributed by atoms with van der Waals surface area (Å²) in [6.07, 6.45) is 1.45. The molecule has 1 aliphatic rings. The minimum atomic E-state index is 0.512. The zero-order chi connectivity index (χ0) is 11.2. The normalized spacial score (nSPS) is 17.2. The van der Waals surface area contributed by atoms with E-state index in [1.165, 1.54) is 5.56 Å². The van der Waals surface area contributed by atoms with Gasteiger partial charge in [-0.15, -0.1) is 0 Å². The molecule has 0 N–H and O–H groups in total. The van der Waals surface area contributed by atoms with E-state index in [0.29, 0.717) is 6.42 Å². The summed E-state index contributed by atoms with van der Waals surface area (Å²) in [6, 6.07) is 8.27. The number of hydrogen-bond acceptors (Lipinski definition) is 3. The van der Waals surface area contributed by atoms with Crippen molar-refractivity contribution in [3.05, 3.63) is 35.4 Å². The van der Waals surface area contributed by atoms with Crippen LogP contribution in [0.4, 0.5) is 0 Å². The first-order valence-corrected chi connectivity index (χ1v) is 5.70. The SMILES string of the molecule is O=CCc1ccc(CN2CCOCC2)cc1. The van der Waals surface area contributed by atoms with Gasteiger partial charge in [-0.3, -0.25) is 4.90 Å². The molecule has 86 valence electrons. The summed E-state index contributed by atoms with van der Waals surface area (Å²) in [6.45, 7) is 4.67. The van der Waals surface area contributed by atoms with Crippen molar-refractivity contribution in [3.8, 4) is 0 Å². The van der Waals surface area contributed by atoms with E-state index in [-0.39, 0.29) is 0 Å². The van der Waals surface area contributed by atoms with Crippen LogP contribution in [-0.2, 0) is 22.5 Å². The first-order valence-electron chi connectivity index (χ1n) is 5.70. The number of ether oxygens (including phenoxy) is 1. The fourth-order valence-electron chi connectivity index (χ4n) is 1.89. The highest BCUT2D eigenvalue weighted by Gasteiger charge is 2.10. The van der Waals surface area contributed by atoms with Crippen LogP contribution in [0.2, 0.25) is 0 Å². The summed E-state index contributed by atoms with van der Waals surface area (Å²) in [4.78, 5) is 12.7. The lowest BCUT2D eigenvalue weighted by Crippen LogP contribution is -2.35. The Morgan fingerprint density at radius 3 is 2.38 bits per heavy atom. The lowest BCUT2D eigenvalue weighted by molar-refractivity contribution is -0.107. The predicted octanol–water partition coefficient (Wildman–Crippen LogP) is 1.26. The molecule has 16 heavy (non-hydrogen) atoms. The second kappa shape index (κ2) is 5.77. The van der Waals surface area contributed by atoms with Crippen LogP contribution in [0, 0.1) is 0 Å². The molecule has 0 unspecified atom stereocenters. The van der Waals surface area contributed by atoms with Gasteiger partial charge in [0, 0.05) is 26.1 Å². The van der Waals surface area contributed by atoms with E-state index in [2.05, 4.69) is 17.0 Å². The van der Waals surface area contributed by atoms with Crippen molar-refractivity contribution in [2.24, 2.45) is 0 Å². The Hall–Kier alpha value is -1.19. The Kier molecular flexibility index (Phi) is 4.08. The predicted molar refractivity (Wildman–Crippen MR) is 62.3 cm³/mol. The standard InChI is InChI=1S/C13H17NO2/c15-8-5-12-1-3-13(4-2-12)11-14-6-9-16-10-7-14/h1-4,8H,5-7,9-11H2. The van der Waals surface area contributed by atoms with Crippen LogP contribution in [0.1, 0.15) is 11.1 Å². The number of aldehydes is 1. The van der Waals surface area contributed by atoms with Crippen LogP contribution < -0.4 is 0 Å². The Labute approximate surface area is 96.0 Å². The third kappa shape index (κ3) is 3.15. The summed E-state index contributed by atoms with van der Waals surface area (Å²) in [5, 5.41) is 0. The maximum Gasteiger partial charge on any atom is 0.124 e. The molecule has 0 spiro atoms. The molecule has 0 amide bonds. The van der Waals surface area contributed by atoms with Gasteiger partial charge in [-0.1, -0.05) is 24.3 Å². The first kappa shape index (κ1) is 11.3. The lowest BCUT2D eigenvalue weighted by Gasteiger charge is -2.26. The Morgan fingerprint density at radius 2 is 1.75 bits per heavy atom. The summed E-state index contributed by atoms with van der Waals surface area (Å²) < 4.78 is 5.31. The van der Waals surface area contributed by atoms with Crippen molar-refractivity contribution in [2.45, 2.75) is 13.0 Å². The number of benzene rings is 1. The first-order chi connectivity index (χ1) is 7.88. The van der Waals surface area contributed by atoms with E-state index < -0.39 is 0 Å². The highest BCUT2D eigenvalue weighted by atomic mass is 16.5. The fourth-order valence-corrected chi connectivity index (χ4v) is 1.89.